The van der Waals surface area contributed by atoms with Crippen LogP contribution in [0.5, 0.6) is 0 Å². The van der Waals surface area contributed by atoms with Crippen molar-refractivity contribution in [1.29, 1.82) is 0 Å². The molecule has 1 saturated heterocycles. The Bertz CT molecular complexity index is 550. The fraction of sp³-hybridized carbons (Fsp3) is 0.222. The minimum absolute atomic E-state index is 0.626. The molecule has 109 valence electrons. The maximum Gasteiger partial charge on any atom is 0.246 e. The van der Waals surface area contributed by atoms with E-state index in [2.05, 4.69) is 36.9 Å². The van der Waals surface area contributed by atoms with Crippen LogP contribution in [0.1, 0.15) is 18.4 Å². The maximum atomic E-state index is 5.77. The molecule has 2 aromatic carbocycles. The molecule has 3 heteroatoms. The summed E-state index contributed by atoms with van der Waals surface area (Å²) in [6.45, 7) is 4.58. The van der Waals surface area contributed by atoms with E-state index < -0.39 is 9.04 Å². The molecule has 0 N–H and O–H groups in total. The highest BCUT2D eigenvalue weighted by Gasteiger charge is 2.18. The third-order valence-corrected chi connectivity index (χ3v) is 5.98. The number of rotatable bonds is 2. The zero-order valence-electron chi connectivity index (χ0n) is 12.1. The Morgan fingerprint density at radius 3 is 2.29 bits per heavy atom. The van der Waals surface area contributed by atoms with Crippen LogP contribution in [0.3, 0.4) is 0 Å². The lowest BCUT2D eigenvalue weighted by atomic mass is 10.2. The fourth-order valence-corrected chi connectivity index (χ4v) is 4.49. The second-order valence-electron chi connectivity index (χ2n) is 4.82. The van der Waals surface area contributed by atoms with Crippen molar-refractivity contribution in [1.82, 2.24) is 0 Å². The van der Waals surface area contributed by atoms with Crippen LogP contribution in [-0.2, 0) is 4.43 Å². The van der Waals surface area contributed by atoms with Gasteiger partial charge in [-0.2, -0.15) is 0 Å². The summed E-state index contributed by atoms with van der Waals surface area (Å²) in [6.07, 6.45) is 4.34. The predicted octanol–water partition coefficient (Wildman–Crippen LogP) is 4.68. The van der Waals surface area contributed by atoms with E-state index in [9.17, 15) is 0 Å². The molecule has 1 radical (unpaired) electrons. The van der Waals surface area contributed by atoms with Crippen LogP contribution in [0.15, 0.2) is 61.2 Å². The van der Waals surface area contributed by atoms with Gasteiger partial charge in [0, 0.05) is 11.6 Å². The maximum absolute atomic E-state index is 5.77. The number of hydrogen-bond donors (Lipinski definition) is 0. The van der Waals surface area contributed by atoms with Gasteiger partial charge in [-0.05, 0) is 29.3 Å². The number of hydrogen-bond acceptors (Lipinski definition) is 1. The van der Waals surface area contributed by atoms with Crippen molar-refractivity contribution in [2.45, 2.75) is 18.9 Å². The summed E-state index contributed by atoms with van der Waals surface area (Å²) in [6, 6.07) is 19.5. The highest BCUT2D eigenvalue weighted by molar-refractivity contribution is 6.67. The van der Waals surface area contributed by atoms with Gasteiger partial charge in [-0.15, -0.1) is 0 Å². The molecule has 0 bridgehead atoms. The molecule has 1 aliphatic rings. The van der Waals surface area contributed by atoms with Crippen LogP contribution in [0, 0.1) is 0 Å². The topological polar surface area (TPSA) is 9.23 Å². The van der Waals surface area contributed by atoms with Gasteiger partial charge in [0.05, 0.1) is 0 Å². The lowest BCUT2D eigenvalue weighted by molar-refractivity contribution is 0.294. The Labute approximate surface area is 134 Å². The van der Waals surface area contributed by atoms with E-state index in [4.69, 9.17) is 16.0 Å². The van der Waals surface area contributed by atoms with E-state index in [1.807, 2.05) is 24.3 Å². The first-order valence-corrected chi connectivity index (χ1v) is 9.21. The van der Waals surface area contributed by atoms with E-state index in [1.165, 1.54) is 24.1 Å². The van der Waals surface area contributed by atoms with Crippen LogP contribution >= 0.6 is 11.6 Å². The van der Waals surface area contributed by atoms with E-state index in [0.717, 1.165) is 17.2 Å². The van der Waals surface area contributed by atoms with Crippen LogP contribution in [-0.4, -0.2) is 15.6 Å². The van der Waals surface area contributed by atoms with Crippen LogP contribution in [0.4, 0.5) is 0 Å². The van der Waals surface area contributed by atoms with Gasteiger partial charge >= 0.3 is 0 Å². The molecule has 0 aliphatic carbocycles. The van der Waals surface area contributed by atoms with Crippen molar-refractivity contribution in [2.75, 3.05) is 6.61 Å². The average molecular weight is 316 g/mol. The SMILES string of the molecule is C=Cc1ccccc1Cl.c1ccc([Si]2CCCCO2)cc1. The zero-order chi connectivity index (χ0) is 14.9. The number of benzene rings is 2. The van der Waals surface area contributed by atoms with Gasteiger partial charge in [-0.3, -0.25) is 0 Å². The quantitative estimate of drug-likeness (QED) is 0.731. The zero-order valence-corrected chi connectivity index (χ0v) is 13.9. The molecule has 1 fully saturated rings. The third-order valence-electron chi connectivity index (χ3n) is 3.30. The summed E-state index contributed by atoms with van der Waals surface area (Å²) in [5, 5.41) is 2.19. The summed E-state index contributed by atoms with van der Waals surface area (Å²) in [7, 11) is -0.626. The fourth-order valence-electron chi connectivity index (χ4n) is 2.15. The van der Waals surface area contributed by atoms with Crippen molar-refractivity contribution in [2.24, 2.45) is 0 Å². The largest absolute Gasteiger partial charge is 0.412 e. The Kier molecular flexibility index (Phi) is 6.74. The van der Waals surface area contributed by atoms with E-state index in [-0.39, 0.29) is 0 Å². The minimum atomic E-state index is -0.626. The summed E-state index contributed by atoms with van der Waals surface area (Å²) >= 11 is 5.75. The molecule has 21 heavy (non-hydrogen) atoms. The second kappa shape index (κ2) is 8.83. The lowest BCUT2D eigenvalue weighted by Crippen LogP contribution is -2.36. The molecule has 1 nitrogen and oxygen atoms in total. The average Bonchev–Trinajstić information content (AvgIpc) is 2.58. The summed E-state index contributed by atoms with van der Waals surface area (Å²) in [5.74, 6) is 0. The van der Waals surface area contributed by atoms with Gasteiger partial charge in [-0.1, -0.05) is 79.2 Å². The number of halogens is 1. The predicted molar refractivity (Wildman–Crippen MR) is 93.4 cm³/mol. The van der Waals surface area contributed by atoms with Crippen molar-refractivity contribution >= 4 is 31.9 Å². The Morgan fingerprint density at radius 1 is 1.00 bits per heavy atom. The normalized spacial score (nSPS) is 14.9. The van der Waals surface area contributed by atoms with E-state index >= 15 is 0 Å². The summed E-state index contributed by atoms with van der Waals surface area (Å²) < 4.78 is 5.77. The molecule has 0 spiro atoms. The first-order chi connectivity index (χ1) is 10.3. The van der Waals surface area contributed by atoms with Crippen molar-refractivity contribution in [3.63, 3.8) is 0 Å². The molecular formula is C18H20ClOSi. The minimum Gasteiger partial charge on any atom is -0.412 e. The smallest absolute Gasteiger partial charge is 0.246 e. The van der Waals surface area contributed by atoms with Crippen molar-refractivity contribution < 1.29 is 4.43 Å². The highest BCUT2D eigenvalue weighted by atomic mass is 35.5. The summed E-state index contributed by atoms with van der Waals surface area (Å²) in [4.78, 5) is 0. The van der Waals surface area contributed by atoms with Crippen LogP contribution in [0.25, 0.3) is 6.08 Å². The second-order valence-corrected chi connectivity index (χ2v) is 7.44. The molecule has 0 saturated carbocycles. The van der Waals surface area contributed by atoms with Gasteiger partial charge in [0.2, 0.25) is 9.04 Å². The van der Waals surface area contributed by atoms with Gasteiger partial charge in [0.1, 0.15) is 0 Å². The van der Waals surface area contributed by atoms with E-state index in [0.29, 0.717) is 0 Å². The molecule has 0 atom stereocenters. The molecule has 2 aromatic rings. The van der Waals surface area contributed by atoms with Crippen molar-refractivity contribution in [3.8, 4) is 0 Å². The Balaban J connectivity index is 0.000000161. The first-order valence-electron chi connectivity index (χ1n) is 7.22. The molecular weight excluding hydrogens is 296 g/mol. The monoisotopic (exact) mass is 315 g/mol. The lowest BCUT2D eigenvalue weighted by Gasteiger charge is -2.20. The van der Waals surface area contributed by atoms with E-state index in [1.54, 1.807) is 6.08 Å². The van der Waals surface area contributed by atoms with Gasteiger partial charge in [0.15, 0.2) is 0 Å². The standard InChI is InChI=1S/C10H13OSi.C8H7Cl/c1-2-6-10(7-3-1)12-9-5-4-8-11-12;1-2-7-5-3-4-6-8(7)9/h1-3,6-7H,4-5,8-9H2;2-6H,1H2. The van der Waals surface area contributed by atoms with Crippen molar-refractivity contribution in [3.05, 3.63) is 71.8 Å². The molecule has 0 aromatic heterocycles. The molecule has 1 aliphatic heterocycles. The summed E-state index contributed by atoms with van der Waals surface area (Å²) in [5.41, 5.74) is 0.985. The third kappa shape index (κ3) is 5.16. The molecule has 1 heterocycles. The van der Waals surface area contributed by atoms with Crippen LogP contribution in [0.2, 0.25) is 11.1 Å². The molecule has 3 rings (SSSR count). The van der Waals surface area contributed by atoms with Gasteiger partial charge in [0.25, 0.3) is 0 Å². The molecule has 0 unspecified atom stereocenters. The Hall–Kier alpha value is -1.35. The first kappa shape index (κ1) is 16.0. The van der Waals surface area contributed by atoms with Gasteiger partial charge in [-0.25, -0.2) is 0 Å². The highest BCUT2D eigenvalue weighted by Crippen LogP contribution is 2.14. The van der Waals surface area contributed by atoms with Crippen LogP contribution < -0.4 is 5.19 Å². The van der Waals surface area contributed by atoms with Gasteiger partial charge < -0.3 is 4.43 Å². The Morgan fingerprint density at radius 2 is 1.71 bits per heavy atom. The molecule has 0 amide bonds.